The number of nitrogen functional groups attached to an aromatic ring is 1. The van der Waals surface area contributed by atoms with Crippen LogP contribution in [0.4, 0.5) is 10.1 Å². The second-order valence-electron chi connectivity index (χ2n) is 4.24. The van der Waals surface area contributed by atoms with Gasteiger partial charge in [-0.2, -0.15) is 0 Å². The minimum atomic E-state index is -4.12. The van der Waals surface area contributed by atoms with E-state index in [0.29, 0.717) is 0 Å². The number of hydrogen-bond donors (Lipinski definition) is 2. The Morgan fingerprint density at radius 2 is 2.05 bits per heavy atom. The van der Waals surface area contributed by atoms with E-state index in [2.05, 4.69) is 4.72 Å². The van der Waals surface area contributed by atoms with Crippen LogP contribution in [0.5, 0.6) is 0 Å². The summed E-state index contributed by atoms with van der Waals surface area (Å²) in [4.78, 5) is 12.0. The summed E-state index contributed by atoms with van der Waals surface area (Å²) in [7, 11) is -1.02. The smallest absolute Gasteiger partial charge is 0.243 e. The van der Waals surface area contributed by atoms with Gasteiger partial charge in [0.05, 0.1) is 5.69 Å². The number of nitrogens with zero attached hydrogens (tertiary/aromatic N) is 1. The monoisotopic (exact) mass is 323 g/mol. The minimum absolute atomic E-state index is 0.00800. The van der Waals surface area contributed by atoms with Crippen LogP contribution in [-0.2, 0) is 14.8 Å². The molecule has 9 heteroatoms. The third kappa shape index (κ3) is 4.06. The third-order valence-corrected chi connectivity index (χ3v) is 4.13. The number of rotatable bonds is 5. The number of amides is 1. The molecule has 0 bridgehead atoms. The van der Waals surface area contributed by atoms with E-state index < -0.39 is 20.7 Å². The Kier molecular flexibility index (Phi) is 5.32. The first kappa shape index (κ1) is 16.7. The molecule has 6 nitrogen and oxygen atoms in total. The highest BCUT2D eigenvalue weighted by atomic mass is 35.5. The summed E-state index contributed by atoms with van der Waals surface area (Å²) in [5, 5.41) is 0.00800. The first-order valence-corrected chi connectivity index (χ1v) is 7.45. The van der Waals surface area contributed by atoms with Crippen molar-refractivity contribution >= 4 is 33.2 Å². The van der Waals surface area contributed by atoms with Gasteiger partial charge in [0.15, 0.2) is 5.82 Å². The van der Waals surface area contributed by atoms with Crippen molar-refractivity contribution in [3.8, 4) is 0 Å². The van der Waals surface area contributed by atoms with Gasteiger partial charge in [0, 0.05) is 32.1 Å². The average molecular weight is 324 g/mol. The van der Waals surface area contributed by atoms with E-state index in [0.717, 1.165) is 12.1 Å². The second kappa shape index (κ2) is 6.38. The lowest BCUT2D eigenvalue weighted by Gasteiger charge is -2.12. The Bertz CT molecular complexity index is 620. The lowest BCUT2D eigenvalue weighted by atomic mass is 10.3. The number of anilines is 1. The third-order valence-electron chi connectivity index (χ3n) is 2.45. The molecule has 112 valence electrons. The maximum Gasteiger partial charge on any atom is 0.243 e. The van der Waals surface area contributed by atoms with Crippen molar-refractivity contribution < 1.29 is 17.6 Å². The maximum absolute atomic E-state index is 13.7. The molecule has 0 aliphatic carbocycles. The van der Waals surface area contributed by atoms with Gasteiger partial charge in [0.25, 0.3) is 0 Å². The van der Waals surface area contributed by atoms with Gasteiger partial charge >= 0.3 is 0 Å². The summed E-state index contributed by atoms with van der Waals surface area (Å²) >= 11 is 5.65. The highest BCUT2D eigenvalue weighted by molar-refractivity contribution is 7.89. The van der Waals surface area contributed by atoms with Gasteiger partial charge in [0.2, 0.25) is 15.9 Å². The van der Waals surface area contributed by atoms with Crippen molar-refractivity contribution in [2.24, 2.45) is 0 Å². The summed E-state index contributed by atoms with van der Waals surface area (Å²) < 4.78 is 39.7. The predicted molar refractivity (Wildman–Crippen MR) is 74.3 cm³/mol. The normalized spacial score (nSPS) is 11.4. The van der Waals surface area contributed by atoms with E-state index >= 15 is 0 Å². The van der Waals surface area contributed by atoms with Gasteiger partial charge in [-0.1, -0.05) is 11.6 Å². The molecule has 0 heterocycles. The number of carbonyl (C=O) groups is 1. The Hall–Kier alpha value is -1.38. The van der Waals surface area contributed by atoms with Crippen molar-refractivity contribution in [1.29, 1.82) is 0 Å². The van der Waals surface area contributed by atoms with E-state index in [1.807, 2.05) is 0 Å². The van der Waals surface area contributed by atoms with Crippen molar-refractivity contribution in [2.45, 2.75) is 11.3 Å². The van der Waals surface area contributed by atoms with Crippen molar-refractivity contribution in [1.82, 2.24) is 9.62 Å². The molecule has 3 N–H and O–H groups in total. The fraction of sp³-hybridized carbons (Fsp3) is 0.364. The highest BCUT2D eigenvalue weighted by Gasteiger charge is 2.21. The van der Waals surface area contributed by atoms with E-state index in [4.69, 9.17) is 17.3 Å². The van der Waals surface area contributed by atoms with Crippen LogP contribution in [0, 0.1) is 5.82 Å². The predicted octanol–water partition coefficient (Wildman–Crippen LogP) is 0.818. The summed E-state index contributed by atoms with van der Waals surface area (Å²) in [5.41, 5.74) is 4.96. The Balaban J connectivity index is 2.88. The first-order chi connectivity index (χ1) is 9.15. The van der Waals surface area contributed by atoms with Crippen LogP contribution < -0.4 is 10.5 Å². The van der Waals surface area contributed by atoms with E-state index in [-0.39, 0.29) is 29.6 Å². The Labute approximate surface area is 121 Å². The molecule has 0 unspecified atom stereocenters. The van der Waals surface area contributed by atoms with Gasteiger partial charge < -0.3 is 10.6 Å². The fourth-order valence-electron chi connectivity index (χ4n) is 1.37. The standard InChI is InChI=1S/C11H15ClFN3O3S/c1-16(2)10(17)3-4-15-20(18,19)9-6-7(12)5-8(14)11(9)13/h5-6,15H,3-4,14H2,1-2H3. The number of hydrogen-bond acceptors (Lipinski definition) is 4. The number of halogens is 2. The van der Waals surface area contributed by atoms with Crippen molar-refractivity contribution in [2.75, 3.05) is 26.4 Å². The average Bonchev–Trinajstić information content (AvgIpc) is 2.33. The Morgan fingerprint density at radius 1 is 1.45 bits per heavy atom. The Morgan fingerprint density at radius 3 is 2.60 bits per heavy atom. The molecule has 0 aliphatic heterocycles. The maximum atomic E-state index is 13.7. The van der Waals surface area contributed by atoms with Crippen LogP contribution in [0.3, 0.4) is 0 Å². The summed E-state index contributed by atoms with van der Waals surface area (Å²) in [6.45, 7) is -0.148. The number of benzene rings is 1. The zero-order valence-electron chi connectivity index (χ0n) is 11.0. The zero-order chi connectivity index (χ0) is 15.5. The molecule has 0 saturated heterocycles. The SMILES string of the molecule is CN(C)C(=O)CCNS(=O)(=O)c1cc(Cl)cc(N)c1F. The van der Waals surface area contributed by atoms with Crippen LogP contribution in [0.1, 0.15) is 6.42 Å². The van der Waals surface area contributed by atoms with E-state index in [1.165, 1.54) is 4.90 Å². The molecular weight excluding hydrogens is 309 g/mol. The van der Waals surface area contributed by atoms with Crippen molar-refractivity contribution in [3.05, 3.63) is 23.0 Å². The van der Waals surface area contributed by atoms with Gasteiger partial charge in [0.1, 0.15) is 4.90 Å². The van der Waals surface area contributed by atoms with Crippen LogP contribution in [0.2, 0.25) is 5.02 Å². The van der Waals surface area contributed by atoms with E-state index in [9.17, 15) is 17.6 Å². The second-order valence-corrected chi connectivity index (χ2v) is 6.41. The lowest BCUT2D eigenvalue weighted by Crippen LogP contribution is -2.30. The number of nitrogens with one attached hydrogen (secondary N) is 1. The quantitative estimate of drug-likeness (QED) is 0.785. The minimum Gasteiger partial charge on any atom is -0.396 e. The molecule has 0 radical (unpaired) electrons. The molecule has 1 aromatic rings. The first-order valence-electron chi connectivity index (χ1n) is 5.59. The largest absolute Gasteiger partial charge is 0.396 e. The van der Waals surface area contributed by atoms with Gasteiger partial charge in [-0.25, -0.2) is 17.5 Å². The molecule has 1 aromatic carbocycles. The summed E-state index contributed by atoms with van der Waals surface area (Å²) in [6, 6.07) is 2.08. The molecule has 0 aromatic heterocycles. The lowest BCUT2D eigenvalue weighted by molar-refractivity contribution is -0.128. The molecular formula is C11H15ClFN3O3S. The topological polar surface area (TPSA) is 92.5 Å². The molecule has 1 rings (SSSR count). The summed E-state index contributed by atoms with van der Waals surface area (Å²) in [6.07, 6.45) is -0.0378. The number of sulfonamides is 1. The van der Waals surface area contributed by atoms with Gasteiger partial charge in [-0.15, -0.1) is 0 Å². The fourth-order valence-corrected chi connectivity index (χ4v) is 2.83. The number of carbonyl (C=O) groups excluding carboxylic acids is 1. The zero-order valence-corrected chi connectivity index (χ0v) is 12.6. The van der Waals surface area contributed by atoms with Crippen LogP contribution in [-0.4, -0.2) is 39.9 Å². The van der Waals surface area contributed by atoms with Gasteiger partial charge in [-0.05, 0) is 12.1 Å². The molecule has 1 amide bonds. The molecule has 0 saturated carbocycles. The van der Waals surface area contributed by atoms with Crippen LogP contribution >= 0.6 is 11.6 Å². The van der Waals surface area contributed by atoms with Gasteiger partial charge in [-0.3, -0.25) is 4.79 Å². The molecule has 20 heavy (non-hydrogen) atoms. The molecule has 0 atom stereocenters. The molecule has 0 aliphatic rings. The highest BCUT2D eigenvalue weighted by Crippen LogP contribution is 2.24. The molecule has 0 spiro atoms. The number of nitrogens with two attached hydrogens (primary N) is 1. The van der Waals surface area contributed by atoms with Crippen LogP contribution in [0.25, 0.3) is 0 Å². The van der Waals surface area contributed by atoms with Crippen molar-refractivity contribution in [3.63, 3.8) is 0 Å². The molecule has 0 fully saturated rings. The van der Waals surface area contributed by atoms with Crippen LogP contribution in [0.15, 0.2) is 17.0 Å². The summed E-state index contributed by atoms with van der Waals surface area (Å²) in [5.74, 6) is -1.32. The van der Waals surface area contributed by atoms with E-state index in [1.54, 1.807) is 14.1 Å².